The summed E-state index contributed by atoms with van der Waals surface area (Å²) in [5.74, 6) is 1.15. The van der Waals surface area contributed by atoms with Gasteiger partial charge in [-0.05, 0) is 37.7 Å². The standard InChI is InChI=1S/C18H24N6O/c1-14-8-16(20-13-19-14)22(2)15-9-18(10-15)4-7-23(12-18)17(25)11-24-6-3-5-21-24/h3,5-6,8,13,15H,4,7,9-12H2,1-2H3. The molecule has 25 heavy (non-hydrogen) atoms. The molecule has 0 aromatic carbocycles. The molecule has 4 rings (SSSR count). The number of rotatable bonds is 4. The van der Waals surface area contributed by atoms with E-state index >= 15 is 0 Å². The first-order chi connectivity index (χ1) is 12.0. The lowest BCUT2D eigenvalue weighted by molar-refractivity contribution is -0.131. The third-order valence-electron chi connectivity index (χ3n) is 5.68. The average molecular weight is 340 g/mol. The molecule has 2 aliphatic rings. The molecule has 0 unspecified atom stereocenters. The number of aryl methyl sites for hydroxylation is 1. The van der Waals surface area contributed by atoms with E-state index in [0.29, 0.717) is 18.0 Å². The van der Waals surface area contributed by atoms with Crippen LogP contribution in [0.3, 0.4) is 0 Å². The minimum atomic E-state index is 0.170. The number of carbonyl (C=O) groups excluding carboxylic acids is 1. The molecule has 1 saturated heterocycles. The van der Waals surface area contributed by atoms with Crippen molar-refractivity contribution in [3.63, 3.8) is 0 Å². The number of aromatic nitrogens is 4. The highest BCUT2D eigenvalue weighted by atomic mass is 16.2. The first kappa shape index (κ1) is 16.1. The third-order valence-corrected chi connectivity index (χ3v) is 5.68. The predicted octanol–water partition coefficient (Wildman–Crippen LogP) is 1.50. The van der Waals surface area contributed by atoms with Crippen molar-refractivity contribution in [3.05, 3.63) is 36.5 Å². The van der Waals surface area contributed by atoms with Crippen molar-refractivity contribution in [3.8, 4) is 0 Å². The van der Waals surface area contributed by atoms with E-state index < -0.39 is 0 Å². The van der Waals surface area contributed by atoms with E-state index in [1.54, 1.807) is 17.2 Å². The SMILES string of the molecule is Cc1cc(N(C)C2CC3(CCN(C(=O)Cn4cccn4)C3)C2)ncn1. The largest absolute Gasteiger partial charge is 0.357 e. The Morgan fingerprint density at radius 1 is 1.40 bits per heavy atom. The number of nitrogens with zero attached hydrogens (tertiary/aromatic N) is 6. The van der Waals surface area contributed by atoms with Crippen LogP contribution in [0, 0.1) is 12.3 Å². The van der Waals surface area contributed by atoms with Gasteiger partial charge in [-0.3, -0.25) is 9.48 Å². The Hall–Kier alpha value is -2.44. The van der Waals surface area contributed by atoms with Gasteiger partial charge in [0, 0.05) is 50.3 Å². The van der Waals surface area contributed by atoms with Crippen molar-refractivity contribution >= 4 is 11.7 Å². The van der Waals surface area contributed by atoms with Crippen LogP contribution in [0.1, 0.15) is 25.0 Å². The summed E-state index contributed by atoms with van der Waals surface area (Å²) in [5, 5.41) is 4.12. The van der Waals surface area contributed by atoms with Gasteiger partial charge in [0.25, 0.3) is 0 Å². The average Bonchev–Trinajstić information content (AvgIpc) is 3.22. The first-order valence-electron chi connectivity index (χ1n) is 8.81. The Labute approximate surface area is 147 Å². The molecule has 7 nitrogen and oxygen atoms in total. The Kier molecular flexibility index (Phi) is 3.94. The van der Waals surface area contributed by atoms with E-state index in [0.717, 1.165) is 43.9 Å². The first-order valence-corrected chi connectivity index (χ1v) is 8.81. The van der Waals surface area contributed by atoms with Gasteiger partial charge in [0.15, 0.2) is 0 Å². The van der Waals surface area contributed by atoms with E-state index in [9.17, 15) is 4.79 Å². The van der Waals surface area contributed by atoms with Crippen molar-refractivity contribution in [1.29, 1.82) is 0 Å². The van der Waals surface area contributed by atoms with E-state index in [2.05, 4.69) is 27.0 Å². The van der Waals surface area contributed by atoms with Crippen molar-refractivity contribution in [2.45, 2.75) is 38.8 Å². The Balaban J connectivity index is 1.33. The molecule has 0 N–H and O–H groups in total. The summed E-state index contributed by atoms with van der Waals surface area (Å²) in [5.41, 5.74) is 1.28. The van der Waals surface area contributed by atoms with Crippen LogP contribution in [-0.4, -0.2) is 56.7 Å². The summed E-state index contributed by atoms with van der Waals surface area (Å²) < 4.78 is 1.70. The highest BCUT2D eigenvalue weighted by Crippen LogP contribution is 2.50. The molecule has 1 aliphatic carbocycles. The monoisotopic (exact) mass is 340 g/mol. The number of likely N-dealkylation sites (tertiary alicyclic amines) is 1. The summed E-state index contributed by atoms with van der Waals surface area (Å²) in [6.45, 7) is 4.07. The smallest absolute Gasteiger partial charge is 0.244 e. The summed E-state index contributed by atoms with van der Waals surface area (Å²) in [6, 6.07) is 4.37. The fourth-order valence-corrected chi connectivity index (χ4v) is 4.15. The molecule has 2 fully saturated rings. The highest BCUT2D eigenvalue weighted by Gasteiger charge is 2.50. The van der Waals surface area contributed by atoms with Crippen LogP contribution in [0.4, 0.5) is 5.82 Å². The van der Waals surface area contributed by atoms with Crippen molar-refractivity contribution < 1.29 is 4.79 Å². The zero-order valence-corrected chi connectivity index (χ0v) is 14.8. The second-order valence-corrected chi connectivity index (χ2v) is 7.46. The molecule has 3 heterocycles. The fourth-order valence-electron chi connectivity index (χ4n) is 4.15. The fraction of sp³-hybridized carbons (Fsp3) is 0.556. The lowest BCUT2D eigenvalue weighted by Crippen LogP contribution is -2.51. The predicted molar refractivity (Wildman–Crippen MR) is 94.1 cm³/mol. The van der Waals surface area contributed by atoms with Crippen LogP contribution >= 0.6 is 0 Å². The van der Waals surface area contributed by atoms with E-state index in [4.69, 9.17) is 0 Å². The summed E-state index contributed by atoms with van der Waals surface area (Å²) in [4.78, 5) is 25.3. The molecule has 1 saturated carbocycles. The Morgan fingerprint density at radius 3 is 2.96 bits per heavy atom. The van der Waals surface area contributed by atoms with Crippen LogP contribution in [0.2, 0.25) is 0 Å². The lowest BCUT2D eigenvalue weighted by atomic mass is 9.64. The van der Waals surface area contributed by atoms with Gasteiger partial charge >= 0.3 is 0 Å². The third kappa shape index (κ3) is 3.10. The molecule has 0 bridgehead atoms. The minimum Gasteiger partial charge on any atom is -0.357 e. The van der Waals surface area contributed by atoms with Crippen molar-refractivity contribution in [2.75, 3.05) is 25.0 Å². The van der Waals surface area contributed by atoms with Crippen molar-refractivity contribution in [2.24, 2.45) is 5.41 Å². The van der Waals surface area contributed by atoms with Gasteiger partial charge in [-0.15, -0.1) is 0 Å². The molecule has 2 aromatic heterocycles. The molecule has 1 aliphatic heterocycles. The van der Waals surface area contributed by atoms with Gasteiger partial charge < -0.3 is 9.80 Å². The maximum atomic E-state index is 12.5. The number of anilines is 1. The maximum absolute atomic E-state index is 12.5. The van der Waals surface area contributed by atoms with Gasteiger partial charge in [-0.25, -0.2) is 9.97 Å². The summed E-state index contributed by atoms with van der Waals surface area (Å²) in [7, 11) is 2.11. The normalized spacial score (nSPS) is 25.2. The highest BCUT2D eigenvalue weighted by molar-refractivity contribution is 5.76. The summed E-state index contributed by atoms with van der Waals surface area (Å²) in [6.07, 6.45) is 8.52. The molecule has 7 heteroatoms. The topological polar surface area (TPSA) is 67.2 Å². The number of carbonyl (C=O) groups is 1. The van der Waals surface area contributed by atoms with Crippen LogP contribution in [0.25, 0.3) is 0 Å². The van der Waals surface area contributed by atoms with Crippen LogP contribution in [0.15, 0.2) is 30.9 Å². The van der Waals surface area contributed by atoms with E-state index in [1.807, 2.05) is 30.2 Å². The second-order valence-electron chi connectivity index (χ2n) is 7.46. The minimum absolute atomic E-state index is 0.170. The van der Waals surface area contributed by atoms with Crippen LogP contribution in [0.5, 0.6) is 0 Å². The lowest BCUT2D eigenvalue weighted by Gasteiger charge is -2.49. The van der Waals surface area contributed by atoms with E-state index in [-0.39, 0.29) is 5.91 Å². The van der Waals surface area contributed by atoms with Crippen molar-refractivity contribution in [1.82, 2.24) is 24.6 Å². The molecular formula is C18H24N6O. The molecular weight excluding hydrogens is 316 g/mol. The Morgan fingerprint density at radius 2 is 2.24 bits per heavy atom. The van der Waals surface area contributed by atoms with Gasteiger partial charge in [0.1, 0.15) is 18.7 Å². The molecule has 1 amide bonds. The second kappa shape index (κ2) is 6.13. The Bertz CT molecular complexity index is 753. The molecule has 132 valence electrons. The molecule has 0 atom stereocenters. The van der Waals surface area contributed by atoms with Gasteiger partial charge in [0.2, 0.25) is 5.91 Å². The maximum Gasteiger partial charge on any atom is 0.244 e. The molecule has 0 radical (unpaired) electrons. The van der Waals surface area contributed by atoms with Crippen LogP contribution < -0.4 is 4.90 Å². The summed E-state index contributed by atoms with van der Waals surface area (Å²) >= 11 is 0. The van der Waals surface area contributed by atoms with Gasteiger partial charge in [-0.2, -0.15) is 5.10 Å². The number of amides is 1. The zero-order chi connectivity index (χ0) is 17.4. The molecule has 2 aromatic rings. The number of hydrogen-bond acceptors (Lipinski definition) is 5. The quantitative estimate of drug-likeness (QED) is 0.844. The zero-order valence-electron chi connectivity index (χ0n) is 14.8. The number of hydrogen-bond donors (Lipinski definition) is 0. The van der Waals surface area contributed by atoms with Crippen LogP contribution in [-0.2, 0) is 11.3 Å². The van der Waals surface area contributed by atoms with Gasteiger partial charge in [0.05, 0.1) is 0 Å². The molecule has 1 spiro atoms. The van der Waals surface area contributed by atoms with E-state index in [1.165, 1.54) is 0 Å². The van der Waals surface area contributed by atoms with Gasteiger partial charge in [-0.1, -0.05) is 0 Å².